The van der Waals surface area contributed by atoms with Crippen LogP contribution < -0.4 is 5.32 Å². The van der Waals surface area contributed by atoms with Crippen molar-refractivity contribution in [2.45, 2.75) is 257 Å². The number of hydrogen-bond acceptors (Lipinski definition) is 5. The van der Waals surface area contributed by atoms with Crippen LogP contribution in [-0.4, -0.2) is 46.9 Å². The van der Waals surface area contributed by atoms with Gasteiger partial charge in [0.1, 0.15) is 6.10 Å². The van der Waals surface area contributed by atoms with Crippen LogP contribution in [-0.2, 0) is 14.3 Å². The van der Waals surface area contributed by atoms with Crippen LogP contribution in [0.25, 0.3) is 0 Å². The van der Waals surface area contributed by atoms with Gasteiger partial charge in [0.25, 0.3) is 0 Å². The maximum Gasteiger partial charge on any atom is 0.306 e. The molecular weight excluding hydrogens is 683 g/mol. The molecule has 55 heavy (non-hydrogen) atoms. The summed E-state index contributed by atoms with van der Waals surface area (Å²) in [5, 5.41) is 23.6. The van der Waals surface area contributed by atoms with E-state index in [-0.39, 0.29) is 24.9 Å². The topological polar surface area (TPSA) is 95.9 Å². The number of esters is 1. The Balaban J connectivity index is 4.54. The largest absolute Gasteiger partial charge is 0.462 e. The number of amides is 1. The Hall–Kier alpha value is -1.92. The molecule has 0 aliphatic rings. The van der Waals surface area contributed by atoms with Gasteiger partial charge in [0.05, 0.1) is 25.2 Å². The third kappa shape index (κ3) is 38.7. The highest BCUT2D eigenvalue weighted by Crippen LogP contribution is 2.18. The number of aliphatic hydroxyl groups excluding tert-OH is 2. The molecule has 0 heterocycles. The maximum atomic E-state index is 13.1. The fourth-order valence-electron chi connectivity index (χ4n) is 7.15. The highest BCUT2D eigenvalue weighted by Gasteiger charge is 2.24. The number of nitrogens with one attached hydrogen (secondary N) is 1. The highest BCUT2D eigenvalue weighted by molar-refractivity contribution is 5.77. The van der Waals surface area contributed by atoms with Crippen LogP contribution in [0.2, 0.25) is 0 Å². The van der Waals surface area contributed by atoms with Crippen molar-refractivity contribution in [2.75, 3.05) is 6.61 Å². The van der Waals surface area contributed by atoms with Gasteiger partial charge in [0.15, 0.2) is 0 Å². The summed E-state index contributed by atoms with van der Waals surface area (Å²) in [6.45, 7) is 6.35. The first-order valence-electron chi connectivity index (χ1n) is 23.7. The third-order valence-corrected chi connectivity index (χ3v) is 10.7. The SMILES string of the molecule is CC/C=C/C/C=C/C/C=C/CCCCCCCCC(=O)OC(CCCCCCCCCCCC)CC(=O)NC(CO)C(O)CCCCCCCCCCCC. The second kappa shape index (κ2) is 43.2. The number of hydrogen-bond donors (Lipinski definition) is 3. The highest BCUT2D eigenvalue weighted by atomic mass is 16.5. The van der Waals surface area contributed by atoms with Gasteiger partial charge in [0, 0.05) is 6.42 Å². The van der Waals surface area contributed by atoms with E-state index in [1.807, 2.05) is 0 Å². The van der Waals surface area contributed by atoms with Crippen molar-refractivity contribution < 1.29 is 24.5 Å². The standard InChI is InChI=1S/C49H91NO5/c1-4-7-10-13-16-19-22-23-24-25-26-27-30-33-36-39-42-49(54)55-45(40-37-34-31-28-20-17-14-11-8-5-2)43-48(53)50-46(44-51)47(52)41-38-35-32-29-21-18-15-12-9-6-3/h7,10,16,19,23-24,45-47,51-52H,4-6,8-9,11-15,17-18,20-22,25-44H2,1-3H3,(H,50,53)/b10-7+,19-16+,24-23+. The molecule has 0 spiro atoms. The van der Waals surface area contributed by atoms with Crippen LogP contribution in [0.3, 0.4) is 0 Å². The molecule has 3 atom stereocenters. The Bertz CT molecular complexity index is 915. The van der Waals surface area contributed by atoms with Crippen molar-refractivity contribution in [3.05, 3.63) is 36.5 Å². The number of allylic oxidation sites excluding steroid dienone is 6. The molecule has 0 aliphatic heterocycles. The summed E-state index contributed by atoms with van der Waals surface area (Å²) in [6.07, 6.45) is 49.2. The average Bonchev–Trinajstić information content (AvgIpc) is 3.18. The molecule has 6 nitrogen and oxygen atoms in total. The molecule has 6 heteroatoms. The first kappa shape index (κ1) is 53.1. The number of rotatable bonds is 42. The van der Waals surface area contributed by atoms with Gasteiger partial charge in [-0.3, -0.25) is 9.59 Å². The first-order valence-corrected chi connectivity index (χ1v) is 23.7. The second-order valence-electron chi connectivity index (χ2n) is 16.1. The predicted molar refractivity (Wildman–Crippen MR) is 236 cm³/mol. The van der Waals surface area contributed by atoms with E-state index in [2.05, 4.69) is 62.5 Å². The quantitative estimate of drug-likeness (QED) is 0.0326. The van der Waals surface area contributed by atoms with E-state index in [4.69, 9.17) is 4.74 Å². The summed E-state index contributed by atoms with van der Waals surface area (Å²) in [6, 6.07) is -0.698. The minimum Gasteiger partial charge on any atom is -0.462 e. The molecule has 0 aliphatic carbocycles. The Morgan fingerprint density at radius 1 is 0.545 bits per heavy atom. The molecule has 3 N–H and O–H groups in total. The number of ether oxygens (including phenoxy) is 1. The monoisotopic (exact) mass is 774 g/mol. The van der Waals surface area contributed by atoms with Gasteiger partial charge in [-0.25, -0.2) is 0 Å². The zero-order chi connectivity index (χ0) is 40.3. The van der Waals surface area contributed by atoms with E-state index in [1.165, 1.54) is 116 Å². The molecule has 0 fully saturated rings. The molecule has 0 saturated heterocycles. The summed E-state index contributed by atoms with van der Waals surface area (Å²) >= 11 is 0. The molecule has 0 rings (SSSR count). The van der Waals surface area contributed by atoms with Crippen LogP contribution in [0, 0.1) is 0 Å². The normalized spacial score (nSPS) is 13.6. The van der Waals surface area contributed by atoms with Gasteiger partial charge in [-0.05, 0) is 57.8 Å². The van der Waals surface area contributed by atoms with Gasteiger partial charge >= 0.3 is 5.97 Å². The minimum absolute atomic E-state index is 0.0751. The van der Waals surface area contributed by atoms with Crippen LogP contribution in [0.4, 0.5) is 0 Å². The molecule has 0 aromatic rings. The van der Waals surface area contributed by atoms with Crippen molar-refractivity contribution in [3.8, 4) is 0 Å². The Labute approximate surface area is 341 Å². The molecule has 0 aromatic heterocycles. The lowest BCUT2D eigenvalue weighted by molar-refractivity contribution is -0.151. The van der Waals surface area contributed by atoms with Crippen LogP contribution in [0.15, 0.2) is 36.5 Å². The smallest absolute Gasteiger partial charge is 0.306 e. The van der Waals surface area contributed by atoms with E-state index < -0.39 is 18.2 Å². The first-order chi connectivity index (χ1) is 27.0. The Kier molecular flexibility index (Phi) is 41.7. The number of carbonyl (C=O) groups is 2. The second-order valence-corrected chi connectivity index (χ2v) is 16.1. The zero-order valence-electron chi connectivity index (χ0n) is 36.6. The molecule has 322 valence electrons. The summed E-state index contributed by atoms with van der Waals surface area (Å²) in [4.78, 5) is 26.0. The van der Waals surface area contributed by atoms with Crippen LogP contribution in [0.5, 0.6) is 0 Å². The predicted octanol–water partition coefficient (Wildman–Crippen LogP) is 13.7. The van der Waals surface area contributed by atoms with Crippen molar-refractivity contribution in [3.63, 3.8) is 0 Å². The van der Waals surface area contributed by atoms with E-state index in [9.17, 15) is 19.8 Å². The number of unbranched alkanes of at least 4 members (excludes halogenated alkanes) is 24. The van der Waals surface area contributed by atoms with Crippen molar-refractivity contribution >= 4 is 11.9 Å². The molecule has 0 aromatic carbocycles. The summed E-state index contributed by atoms with van der Waals surface area (Å²) in [7, 11) is 0. The maximum absolute atomic E-state index is 13.1. The van der Waals surface area contributed by atoms with Gasteiger partial charge in [-0.2, -0.15) is 0 Å². The fraction of sp³-hybridized carbons (Fsp3) is 0.837. The zero-order valence-corrected chi connectivity index (χ0v) is 36.6. The van der Waals surface area contributed by atoms with Crippen molar-refractivity contribution in [1.29, 1.82) is 0 Å². The molecule has 0 bridgehead atoms. The number of aliphatic hydroxyl groups is 2. The lowest BCUT2D eigenvalue weighted by Gasteiger charge is -2.24. The van der Waals surface area contributed by atoms with Gasteiger partial charge < -0.3 is 20.3 Å². The van der Waals surface area contributed by atoms with Gasteiger partial charge in [-0.15, -0.1) is 0 Å². The minimum atomic E-state index is -0.784. The lowest BCUT2D eigenvalue weighted by atomic mass is 10.0. The summed E-state index contributed by atoms with van der Waals surface area (Å²) in [5.74, 6) is -0.484. The van der Waals surface area contributed by atoms with Crippen molar-refractivity contribution in [1.82, 2.24) is 5.32 Å². The van der Waals surface area contributed by atoms with Crippen molar-refractivity contribution in [2.24, 2.45) is 0 Å². The Morgan fingerprint density at radius 2 is 0.982 bits per heavy atom. The Morgan fingerprint density at radius 3 is 1.49 bits per heavy atom. The van der Waals surface area contributed by atoms with E-state index in [1.54, 1.807) is 0 Å². The van der Waals surface area contributed by atoms with Crippen LogP contribution >= 0.6 is 0 Å². The van der Waals surface area contributed by atoms with Gasteiger partial charge in [0.2, 0.25) is 5.91 Å². The fourth-order valence-corrected chi connectivity index (χ4v) is 7.15. The average molecular weight is 774 g/mol. The van der Waals surface area contributed by atoms with E-state index in [0.717, 1.165) is 77.0 Å². The molecule has 0 saturated carbocycles. The lowest BCUT2D eigenvalue weighted by Crippen LogP contribution is -2.46. The molecule has 3 unspecified atom stereocenters. The summed E-state index contributed by atoms with van der Waals surface area (Å²) in [5.41, 5.74) is 0. The third-order valence-electron chi connectivity index (χ3n) is 10.7. The van der Waals surface area contributed by atoms with E-state index in [0.29, 0.717) is 19.3 Å². The molecular formula is C49H91NO5. The van der Waals surface area contributed by atoms with E-state index >= 15 is 0 Å². The molecule has 1 amide bonds. The molecule has 0 radical (unpaired) electrons. The van der Waals surface area contributed by atoms with Crippen LogP contribution in [0.1, 0.15) is 239 Å². The summed E-state index contributed by atoms with van der Waals surface area (Å²) < 4.78 is 5.90. The number of carbonyl (C=O) groups excluding carboxylic acids is 2. The van der Waals surface area contributed by atoms with Gasteiger partial charge in [-0.1, -0.05) is 205 Å².